The molecule has 0 bridgehead atoms. The molecule has 2 aromatic rings. The zero-order valence-corrected chi connectivity index (χ0v) is 17.6. The molecule has 0 spiro atoms. The van der Waals surface area contributed by atoms with Gasteiger partial charge in [0.1, 0.15) is 11.5 Å². The number of allylic oxidation sites excluding steroid dienone is 1. The Morgan fingerprint density at radius 1 is 1.10 bits per heavy atom. The van der Waals surface area contributed by atoms with E-state index in [2.05, 4.69) is 23.8 Å². The molecular weight excluding hydrogens is 364 g/mol. The van der Waals surface area contributed by atoms with Gasteiger partial charge in [0.05, 0.1) is 5.92 Å². The van der Waals surface area contributed by atoms with Gasteiger partial charge in [-0.1, -0.05) is 13.8 Å². The van der Waals surface area contributed by atoms with Crippen molar-refractivity contribution in [1.29, 1.82) is 0 Å². The van der Waals surface area contributed by atoms with Crippen LogP contribution in [0.2, 0.25) is 0 Å². The molecule has 154 valence electrons. The molecular formula is C24H30N2O3. The highest BCUT2D eigenvalue weighted by Gasteiger charge is 2.35. The first kappa shape index (κ1) is 19.7. The lowest BCUT2D eigenvalue weighted by molar-refractivity contribution is -0.121. The number of ketones is 2. The molecule has 0 aromatic carbocycles. The Balaban J connectivity index is 1.51. The number of aryl methyl sites for hydroxylation is 4. The summed E-state index contributed by atoms with van der Waals surface area (Å²) in [5, 5.41) is 10.3. The molecule has 29 heavy (non-hydrogen) atoms. The molecule has 0 amide bonds. The molecule has 2 heterocycles. The quantitative estimate of drug-likeness (QED) is 0.628. The van der Waals surface area contributed by atoms with E-state index in [1.54, 1.807) is 0 Å². The van der Waals surface area contributed by atoms with Gasteiger partial charge in [-0.2, -0.15) is 0 Å². The Bertz CT molecular complexity index is 1010. The second kappa shape index (κ2) is 7.69. The highest BCUT2D eigenvalue weighted by Crippen LogP contribution is 2.33. The lowest BCUT2D eigenvalue weighted by atomic mass is 9.80. The number of hydrogen-bond acceptors (Lipinski definition) is 3. The normalized spacial score (nSPS) is 18.4. The van der Waals surface area contributed by atoms with Crippen LogP contribution in [0, 0.1) is 12.8 Å². The Morgan fingerprint density at radius 3 is 2.55 bits per heavy atom. The lowest BCUT2D eigenvalue weighted by Gasteiger charge is -2.21. The van der Waals surface area contributed by atoms with Crippen molar-refractivity contribution in [2.75, 3.05) is 0 Å². The number of aliphatic hydroxyl groups excluding tert-OH is 1. The summed E-state index contributed by atoms with van der Waals surface area (Å²) in [6, 6.07) is 0. The van der Waals surface area contributed by atoms with Crippen LogP contribution < -0.4 is 0 Å². The number of rotatable bonds is 6. The number of carbonyl (C=O) groups is 2. The number of hydrogen-bond donors (Lipinski definition) is 3. The summed E-state index contributed by atoms with van der Waals surface area (Å²) in [6.45, 7) is 6.13. The first-order chi connectivity index (χ1) is 14.0. The topological polar surface area (TPSA) is 86.0 Å². The number of aromatic nitrogens is 2. The number of fused-ring (bicyclic) bond motifs is 2. The fourth-order valence-corrected chi connectivity index (χ4v) is 5.19. The summed E-state index contributed by atoms with van der Waals surface area (Å²) in [7, 11) is 0. The molecule has 3 N–H and O–H groups in total. The van der Waals surface area contributed by atoms with E-state index in [1.165, 1.54) is 0 Å². The SMILES string of the molecule is CCc1c(C)[nH]c2c1C(=O)C(C(=O)CCc1[nH]c3c(c1CC)C(O)=CCC3)CC2. The smallest absolute Gasteiger partial charge is 0.175 e. The molecule has 0 aliphatic heterocycles. The first-order valence-electron chi connectivity index (χ1n) is 10.8. The molecule has 1 unspecified atom stereocenters. The van der Waals surface area contributed by atoms with Crippen molar-refractivity contribution in [3.63, 3.8) is 0 Å². The minimum absolute atomic E-state index is 0.000442. The van der Waals surface area contributed by atoms with Crippen LogP contribution in [0.15, 0.2) is 6.08 Å². The van der Waals surface area contributed by atoms with E-state index >= 15 is 0 Å². The second-order valence-electron chi connectivity index (χ2n) is 8.27. The van der Waals surface area contributed by atoms with Crippen molar-refractivity contribution < 1.29 is 14.7 Å². The Labute approximate surface area is 171 Å². The summed E-state index contributed by atoms with van der Waals surface area (Å²) in [5.41, 5.74) is 8.02. The summed E-state index contributed by atoms with van der Waals surface area (Å²) >= 11 is 0. The zero-order chi connectivity index (χ0) is 20.7. The minimum Gasteiger partial charge on any atom is -0.508 e. The van der Waals surface area contributed by atoms with E-state index in [9.17, 15) is 14.7 Å². The number of aromatic amines is 2. The van der Waals surface area contributed by atoms with Crippen LogP contribution in [-0.2, 0) is 36.9 Å². The molecule has 0 fully saturated rings. The van der Waals surface area contributed by atoms with Gasteiger partial charge in [-0.15, -0.1) is 0 Å². The molecule has 0 radical (unpaired) electrons. The van der Waals surface area contributed by atoms with Gasteiger partial charge < -0.3 is 15.1 Å². The summed E-state index contributed by atoms with van der Waals surface area (Å²) in [4.78, 5) is 32.9. The van der Waals surface area contributed by atoms with E-state index in [4.69, 9.17) is 0 Å². The van der Waals surface area contributed by atoms with Gasteiger partial charge in [0.15, 0.2) is 5.78 Å². The lowest BCUT2D eigenvalue weighted by Crippen LogP contribution is -2.30. The van der Waals surface area contributed by atoms with Gasteiger partial charge in [0.2, 0.25) is 0 Å². The first-order valence-corrected chi connectivity index (χ1v) is 10.8. The van der Waals surface area contributed by atoms with E-state index < -0.39 is 5.92 Å². The van der Waals surface area contributed by atoms with Crippen molar-refractivity contribution >= 4 is 17.3 Å². The number of H-pyrrole nitrogens is 2. The van der Waals surface area contributed by atoms with Gasteiger partial charge in [-0.25, -0.2) is 0 Å². The average molecular weight is 395 g/mol. The van der Waals surface area contributed by atoms with Gasteiger partial charge in [-0.3, -0.25) is 9.59 Å². The van der Waals surface area contributed by atoms with Crippen molar-refractivity contribution in [3.8, 4) is 0 Å². The Hall–Kier alpha value is -2.56. The van der Waals surface area contributed by atoms with Crippen molar-refractivity contribution in [2.24, 2.45) is 5.92 Å². The third kappa shape index (κ3) is 3.26. The van der Waals surface area contributed by atoms with Crippen LogP contribution in [0.1, 0.15) is 82.9 Å². The molecule has 5 nitrogen and oxygen atoms in total. The maximum absolute atomic E-state index is 13.1. The van der Waals surface area contributed by atoms with Crippen LogP contribution in [0.4, 0.5) is 0 Å². The largest absolute Gasteiger partial charge is 0.508 e. The van der Waals surface area contributed by atoms with Gasteiger partial charge in [-0.05, 0) is 69.1 Å². The van der Waals surface area contributed by atoms with Crippen LogP contribution >= 0.6 is 0 Å². The molecule has 2 aromatic heterocycles. The molecule has 5 heteroatoms. The van der Waals surface area contributed by atoms with E-state index in [0.717, 1.165) is 77.1 Å². The minimum atomic E-state index is -0.522. The highest BCUT2D eigenvalue weighted by molar-refractivity contribution is 6.13. The number of carbonyl (C=O) groups excluding carboxylic acids is 2. The van der Waals surface area contributed by atoms with Gasteiger partial charge in [0.25, 0.3) is 0 Å². The Morgan fingerprint density at radius 2 is 1.83 bits per heavy atom. The van der Waals surface area contributed by atoms with Crippen LogP contribution in [0.25, 0.3) is 5.76 Å². The molecule has 4 rings (SSSR count). The monoisotopic (exact) mass is 394 g/mol. The maximum atomic E-state index is 13.1. The fraction of sp³-hybridized carbons (Fsp3) is 0.500. The van der Waals surface area contributed by atoms with E-state index in [1.807, 2.05) is 13.0 Å². The standard InChI is InChI=1S/C24H30N2O3/c1-4-14-13(3)25-19-10-9-16(24(29)23(14)19)20(27)12-11-17-15(5-2)22-18(26-17)7-6-8-21(22)28/h8,16,25-26,28H,4-7,9-12H2,1-3H3. The predicted octanol–water partition coefficient (Wildman–Crippen LogP) is 4.57. The fourth-order valence-electron chi connectivity index (χ4n) is 5.19. The number of aliphatic hydroxyl groups is 1. The van der Waals surface area contributed by atoms with Crippen molar-refractivity contribution in [3.05, 3.63) is 51.1 Å². The molecule has 2 aliphatic rings. The van der Waals surface area contributed by atoms with Crippen LogP contribution in [0.3, 0.4) is 0 Å². The maximum Gasteiger partial charge on any atom is 0.175 e. The van der Waals surface area contributed by atoms with Gasteiger partial charge in [0, 0.05) is 40.3 Å². The van der Waals surface area contributed by atoms with Crippen molar-refractivity contribution in [2.45, 2.75) is 72.1 Å². The van der Waals surface area contributed by atoms with Crippen LogP contribution in [0.5, 0.6) is 0 Å². The van der Waals surface area contributed by atoms with E-state index in [0.29, 0.717) is 25.0 Å². The second-order valence-corrected chi connectivity index (χ2v) is 8.27. The summed E-state index contributed by atoms with van der Waals surface area (Å²) in [6.07, 6.45) is 7.49. The average Bonchev–Trinajstić information content (AvgIpc) is 3.23. The highest BCUT2D eigenvalue weighted by atomic mass is 16.3. The molecule has 0 saturated carbocycles. The number of nitrogens with one attached hydrogen (secondary N) is 2. The predicted molar refractivity (Wildman–Crippen MR) is 113 cm³/mol. The van der Waals surface area contributed by atoms with Crippen molar-refractivity contribution in [1.82, 2.24) is 9.97 Å². The Kier molecular flexibility index (Phi) is 5.24. The third-order valence-electron chi connectivity index (χ3n) is 6.62. The van der Waals surface area contributed by atoms with E-state index in [-0.39, 0.29) is 11.6 Å². The zero-order valence-electron chi connectivity index (χ0n) is 17.6. The summed E-state index contributed by atoms with van der Waals surface area (Å²) in [5.74, 6) is -0.136. The van der Waals surface area contributed by atoms with Gasteiger partial charge >= 0.3 is 0 Å². The third-order valence-corrected chi connectivity index (χ3v) is 6.62. The number of Topliss-reactive ketones (excluding diaryl/α,β-unsaturated/α-hetero) is 2. The molecule has 0 saturated heterocycles. The summed E-state index contributed by atoms with van der Waals surface area (Å²) < 4.78 is 0. The molecule has 1 atom stereocenters. The molecule has 2 aliphatic carbocycles. The van der Waals surface area contributed by atoms with Crippen LogP contribution in [-0.4, -0.2) is 26.6 Å².